The van der Waals surface area contributed by atoms with Gasteiger partial charge in [-0.3, -0.25) is 4.79 Å². The molecule has 1 rings (SSSR count). The normalized spacial score (nSPS) is 10.3. The molecule has 0 unspecified atom stereocenters. The van der Waals surface area contributed by atoms with E-state index in [-0.39, 0.29) is 5.91 Å². The molecule has 0 fully saturated rings. The van der Waals surface area contributed by atoms with Gasteiger partial charge >= 0.3 is 0 Å². The lowest BCUT2D eigenvalue weighted by molar-refractivity contribution is -0.121. The molecular formula is C14H21BrN2O2. The maximum absolute atomic E-state index is 11.5. The maximum Gasteiger partial charge on any atom is 0.223 e. The van der Waals surface area contributed by atoms with Crippen molar-refractivity contribution in [1.82, 2.24) is 10.6 Å². The standard InChI is InChI=1S/C14H21BrN2O2/c1-11-4-5-13(12(15)10-11)19-9-6-14(18)17-8-3-7-16-2/h4-5,10,16H,3,6-9H2,1-2H3,(H,17,18). The van der Waals surface area contributed by atoms with E-state index in [1.54, 1.807) is 0 Å². The molecule has 0 bridgehead atoms. The van der Waals surface area contributed by atoms with Crippen LogP contribution in [0.25, 0.3) is 0 Å². The van der Waals surface area contributed by atoms with Gasteiger partial charge in [-0.2, -0.15) is 0 Å². The zero-order chi connectivity index (χ0) is 14.1. The summed E-state index contributed by atoms with van der Waals surface area (Å²) in [5.74, 6) is 0.799. The van der Waals surface area contributed by atoms with Gasteiger partial charge in [0.05, 0.1) is 17.5 Å². The lowest BCUT2D eigenvalue weighted by Gasteiger charge is -2.09. The quantitative estimate of drug-likeness (QED) is 0.719. The molecule has 2 N–H and O–H groups in total. The van der Waals surface area contributed by atoms with E-state index in [1.807, 2.05) is 32.2 Å². The first-order chi connectivity index (χ1) is 9.13. The fraction of sp³-hybridized carbons (Fsp3) is 0.500. The maximum atomic E-state index is 11.5. The molecule has 1 aromatic carbocycles. The summed E-state index contributed by atoms with van der Waals surface area (Å²) in [6.07, 6.45) is 1.31. The molecule has 0 aliphatic rings. The first-order valence-electron chi connectivity index (χ1n) is 6.43. The molecule has 0 aliphatic heterocycles. The lowest BCUT2D eigenvalue weighted by atomic mass is 10.2. The summed E-state index contributed by atoms with van der Waals surface area (Å²) in [7, 11) is 1.90. The van der Waals surface area contributed by atoms with Crippen molar-refractivity contribution in [2.24, 2.45) is 0 Å². The number of ether oxygens (including phenoxy) is 1. The lowest BCUT2D eigenvalue weighted by Crippen LogP contribution is -2.27. The van der Waals surface area contributed by atoms with E-state index in [0.717, 1.165) is 23.2 Å². The van der Waals surface area contributed by atoms with Crippen LogP contribution < -0.4 is 15.4 Å². The summed E-state index contributed by atoms with van der Waals surface area (Å²) in [6, 6.07) is 5.88. The number of carbonyl (C=O) groups excluding carboxylic acids is 1. The van der Waals surface area contributed by atoms with Crippen LogP contribution in [-0.4, -0.2) is 32.7 Å². The number of benzene rings is 1. The molecule has 0 heterocycles. The molecule has 0 aliphatic carbocycles. The molecule has 0 saturated carbocycles. The predicted octanol–water partition coefficient (Wildman–Crippen LogP) is 2.25. The highest BCUT2D eigenvalue weighted by Gasteiger charge is 2.04. The second kappa shape index (κ2) is 8.93. The van der Waals surface area contributed by atoms with E-state index in [1.165, 1.54) is 5.56 Å². The molecule has 1 amide bonds. The van der Waals surface area contributed by atoms with Gasteiger partial charge in [0.15, 0.2) is 0 Å². The van der Waals surface area contributed by atoms with E-state index in [4.69, 9.17) is 4.74 Å². The summed E-state index contributed by atoms with van der Waals surface area (Å²) >= 11 is 3.44. The Hall–Kier alpha value is -1.07. The Labute approximate surface area is 123 Å². The Morgan fingerprint density at radius 1 is 1.37 bits per heavy atom. The summed E-state index contributed by atoms with van der Waals surface area (Å²) < 4.78 is 6.49. The number of hydrogen-bond acceptors (Lipinski definition) is 3. The van der Waals surface area contributed by atoms with Gasteiger partial charge < -0.3 is 15.4 Å². The zero-order valence-electron chi connectivity index (χ0n) is 11.5. The van der Waals surface area contributed by atoms with Crippen LogP contribution in [0.15, 0.2) is 22.7 Å². The van der Waals surface area contributed by atoms with Crippen molar-refractivity contribution < 1.29 is 9.53 Å². The van der Waals surface area contributed by atoms with E-state index in [9.17, 15) is 4.79 Å². The molecule has 0 spiro atoms. The number of amides is 1. The van der Waals surface area contributed by atoms with Crippen LogP contribution in [-0.2, 0) is 4.79 Å². The van der Waals surface area contributed by atoms with E-state index in [2.05, 4.69) is 26.6 Å². The topological polar surface area (TPSA) is 50.4 Å². The first kappa shape index (κ1) is 16.0. The third-order valence-electron chi connectivity index (χ3n) is 2.60. The minimum atomic E-state index is 0.0272. The van der Waals surface area contributed by atoms with Gasteiger partial charge in [-0.25, -0.2) is 0 Å². The molecule has 1 aromatic rings. The molecule has 0 atom stereocenters. The molecule has 0 radical (unpaired) electrons. The number of halogens is 1. The predicted molar refractivity (Wildman–Crippen MR) is 80.5 cm³/mol. The summed E-state index contributed by atoms with van der Waals surface area (Å²) in [4.78, 5) is 11.5. The average Bonchev–Trinajstić information content (AvgIpc) is 2.37. The Bertz CT molecular complexity index is 410. The van der Waals surface area contributed by atoms with Crippen LogP contribution >= 0.6 is 15.9 Å². The van der Waals surface area contributed by atoms with E-state index >= 15 is 0 Å². The Balaban J connectivity index is 2.20. The van der Waals surface area contributed by atoms with Crippen molar-refractivity contribution in [2.75, 3.05) is 26.7 Å². The van der Waals surface area contributed by atoms with Crippen molar-refractivity contribution in [3.63, 3.8) is 0 Å². The van der Waals surface area contributed by atoms with Crippen LogP contribution in [0.1, 0.15) is 18.4 Å². The van der Waals surface area contributed by atoms with Crippen LogP contribution in [0, 0.1) is 6.92 Å². The van der Waals surface area contributed by atoms with E-state index in [0.29, 0.717) is 19.6 Å². The Kier molecular flexibility index (Phi) is 7.52. The van der Waals surface area contributed by atoms with Crippen LogP contribution in [0.2, 0.25) is 0 Å². The second-order valence-electron chi connectivity index (χ2n) is 4.34. The first-order valence-corrected chi connectivity index (χ1v) is 7.23. The highest BCUT2D eigenvalue weighted by atomic mass is 79.9. The molecule has 0 aromatic heterocycles. The largest absolute Gasteiger partial charge is 0.492 e. The SMILES string of the molecule is CNCCCNC(=O)CCOc1ccc(C)cc1Br. The molecular weight excluding hydrogens is 308 g/mol. The molecule has 5 heteroatoms. The summed E-state index contributed by atoms with van der Waals surface area (Å²) in [5, 5.41) is 5.89. The highest BCUT2D eigenvalue weighted by Crippen LogP contribution is 2.25. The number of rotatable bonds is 8. The number of aryl methyl sites for hydroxylation is 1. The van der Waals surface area contributed by atoms with Crippen molar-refractivity contribution in [3.8, 4) is 5.75 Å². The number of hydrogen-bond donors (Lipinski definition) is 2. The number of nitrogens with one attached hydrogen (secondary N) is 2. The third kappa shape index (κ3) is 6.59. The monoisotopic (exact) mass is 328 g/mol. The average molecular weight is 329 g/mol. The zero-order valence-corrected chi connectivity index (χ0v) is 13.0. The Morgan fingerprint density at radius 3 is 2.84 bits per heavy atom. The van der Waals surface area contributed by atoms with Crippen LogP contribution in [0.5, 0.6) is 5.75 Å². The molecule has 106 valence electrons. The van der Waals surface area contributed by atoms with E-state index < -0.39 is 0 Å². The second-order valence-corrected chi connectivity index (χ2v) is 5.19. The van der Waals surface area contributed by atoms with Gasteiger partial charge in [-0.15, -0.1) is 0 Å². The van der Waals surface area contributed by atoms with Crippen molar-refractivity contribution in [2.45, 2.75) is 19.8 Å². The van der Waals surface area contributed by atoms with Gasteiger partial charge in [0.1, 0.15) is 5.75 Å². The van der Waals surface area contributed by atoms with Crippen molar-refractivity contribution in [1.29, 1.82) is 0 Å². The number of carbonyl (C=O) groups is 1. The third-order valence-corrected chi connectivity index (χ3v) is 3.22. The minimum Gasteiger partial charge on any atom is -0.492 e. The smallest absolute Gasteiger partial charge is 0.223 e. The summed E-state index contributed by atoms with van der Waals surface area (Å²) in [6.45, 7) is 4.02. The van der Waals surface area contributed by atoms with Gasteiger partial charge in [0.2, 0.25) is 5.91 Å². The van der Waals surface area contributed by atoms with Crippen molar-refractivity contribution >= 4 is 21.8 Å². The highest BCUT2D eigenvalue weighted by molar-refractivity contribution is 9.10. The van der Waals surface area contributed by atoms with Crippen LogP contribution in [0.4, 0.5) is 0 Å². The fourth-order valence-electron chi connectivity index (χ4n) is 1.56. The van der Waals surface area contributed by atoms with Gasteiger partial charge in [0, 0.05) is 6.54 Å². The van der Waals surface area contributed by atoms with Gasteiger partial charge in [-0.05, 0) is 60.6 Å². The Morgan fingerprint density at radius 2 is 2.16 bits per heavy atom. The van der Waals surface area contributed by atoms with Crippen molar-refractivity contribution in [3.05, 3.63) is 28.2 Å². The van der Waals surface area contributed by atoms with Crippen LogP contribution in [0.3, 0.4) is 0 Å². The molecule has 19 heavy (non-hydrogen) atoms. The fourth-order valence-corrected chi connectivity index (χ4v) is 2.17. The minimum absolute atomic E-state index is 0.0272. The molecule has 4 nitrogen and oxygen atoms in total. The van der Waals surface area contributed by atoms with Gasteiger partial charge in [-0.1, -0.05) is 6.07 Å². The van der Waals surface area contributed by atoms with Gasteiger partial charge in [0.25, 0.3) is 0 Å². The molecule has 0 saturated heterocycles. The summed E-state index contributed by atoms with van der Waals surface area (Å²) in [5.41, 5.74) is 1.17.